The highest BCUT2D eigenvalue weighted by Crippen LogP contribution is 2.19. The average molecular weight is 222 g/mol. The summed E-state index contributed by atoms with van der Waals surface area (Å²) in [5.41, 5.74) is 0. The number of hydrogen-bond acceptors (Lipinski definition) is 4. The van der Waals surface area contributed by atoms with E-state index in [1.54, 1.807) is 18.6 Å². The highest BCUT2D eigenvalue weighted by Gasteiger charge is 2.28. The summed E-state index contributed by atoms with van der Waals surface area (Å²) in [5, 5.41) is 0. The van der Waals surface area contributed by atoms with Crippen LogP contribution in [0, 0.1) is 0 Å². The Balaban J connectivity index is 2.37. The van der Waals surface area contributed by atoms with E-state index in [0.717, 1.165) is 12.8 Å². The maximum Gasteiger partial charge on any atom is 0.422 e. The van der Waals surface area contributed by atoms with Gasteiger partial charge in [-0.05, 0) is 26.7 Å². The van der Waals surface area contributed by atoms with E-state index >= 15 is 0 Å². The number of amides is 1. The number of ether oxygens (including phenoxy) is 1. The summed E-state index contributed by atoms with van der Waals surface area (Å²) in [7, 11) is -3.74. The quantitative estimate of drug-likeness (QED) is 0.707. The molecule has 0 aliphatic heterocycles. The molecule has 1 fully saturated rings. The van der Waals surface area contributed by atoms with Crippen molar-refractivity contribution in [1.29, 1.82) is 0 Å². The molecule has 7 heteroatoms. The van der Waals surface area contributed by atoms with Crippen LogP contribution in [0.15, 0.2) is 0 Å². The van der Waals surface area contributed by atoms with Gasteiger partial charge in [-0.3, -0.25) is 0 Å². The molecule has 0 spiro atoms. The molecule has 1 aliphatic rings. The van der Waals surface area contributed by atoms with Crippen molar-refractivity contribution < 1.29 is 17.9 Å². The van der Waals surface area contributed by atoms with E-state index < -0.39 is 16.3 Å². The minimum atomic E-state index is -3.74. The van der Waals surface area contributed by atoms with Crippen molar-refractivity contribution in [1.82, 2.24) is 9.44 Å². The predicted molar refractivity (Wildman–Crippen MR) is 49.8 cm³/mol. The van der Waals surface area contributed by atoms with Crippen molar-refractivity contribution in [2.24, 2.45) is 0 Å². The van der Waals surface area contributed by atoms with Gasteiger partial charge in [-0.25, -0.2) is 9.52 Å². The Morgan fingerprint density at radius 3 is 2.43 bits per heavy atom. The van der Waals surface area contributed by atoms with Crippen LogP contribution in [0.1, 0.15) is 26.7 Å². The average Bonchev–Trinajstić information content (AvgIpc) is 2.65. The Hall–Kier alpha value is -0.820. The molecule has 82 valence electrons. The third-order valence-corrected chi connectivity index (χ3v) is 2.54. The predicted octanol–water partition coefficient (Wildman–Crippen LogP) is 0.118. The molecule has 0 aromatic carbocycles. The van der Waals surface area contributed by atoms with Crippen LogP contribution < -0.4 is 9.44 Å². The van der Waals surface area contributed by atoms with Crippen LogP contribution >= 0.6 is 0 Å². The van der Waals surface area contributed by atoms with Crippen molar-refractivity contribution in [3.8, 4) is 0 Å². The van der Waals surface area contributed by atoms with E-state index in [4.69, 9.17) is 0 Å². The van der Waals surface area contributed by atoms with Gasteiger partial charge in [-0.15, -0.1) is 0 Å². The zero-order chi connectivity index (χ0) is 10.8. The second-order valence-electron chi connectivity index (χ2n) is 3.45. The maximum atomic E-state index is 11.1. The highest BCUT2D eigenvalue weighted by atomic mass is 32.2. The molecular weight excluding hydrogens is 208 g/mol. The SMILES string of the molecule is CC(C)OC(=O)NS(=O)(=O)NC1CC1. The molecule has 0 aromatic rings. The molecule has 14 heavy (non-hydrogen) atoms. The van der Waals surface area contributed by atoms with E-state index in [2.05, 4.69) is 9.46 Å². The molecule has 0 aromatic heterocycles. The molecule has 0 heterocycles. The van der Waals surface area contributed by atoms with E-state index in [-0.39, 0.29) is 12.1 Å². The van der Waals surface area contributed by atoms with Gasteiger partial charge in [0.2, 0.25) is 0 Å². The first-order chi connectivity index (χ1) is 6.39. The van der Waals surface area contributed by atoms with Gasteiger partial charge in [-0.2, -0.15) is 13.1 Å². The Morgan fingerprint density at radius 1 is 1.43 bits per heavy atom. The van der Waals surface area contributed by atoms with Crippen molar-refractivity contribution in [3.05, 3.63) is 0 Å². The summed E-state index contributed by atoms with van der Waals surface area (Å²) < 4.78 is 31.0. The third-order valence-electron chi connectivity index (χ3n) is 1.46. The molecule has 0 atom stereocenters. The van der Waals surface area contributed by atoms with Crippen LogP contribution in [0.5, 0.6) is 0 Å². The van der Waals surface area contributed by atoms with Gasteiger partial charge in [0.15, 0.2) is 0 Å². The fraction of sp³-hybridized carbons (Fsp3) is 0.857. The lowest BCUT2D eigenvalue weighted by Crippen LogP contribution is -2.42. The van der Waals surface area contributed by atoms with E-state index in [0.29, 0.717) is 0 Å². The highest BCUT2D eigenvalue weighted by molar-refractivity contribution is 7.88. The molecule has 0 saturated heterocycles. The fourth-order valence-corrected chi connectivity index (χ4v) is 1.80. The largest absolute Gasteiger partial charge is 0.446 e. The Labute approximate surface area is 83.2 Å². The van der Waals surface area contributed by atoms with Gasteiger partial charge in [0.25, 0.3) is 0 Å². The molecule has 0 bridgehead atoms. The monoisotopic (exact) mass is 222 g/mol. The summed E-state index contributed by atoms with van der Waals surface area (Å²) in [6, 6.07) is -0.0284. The molecule has 6 nitrogen and oxygen atoms in total. The summed E-state index contributed by atoms with van der Waals surface area (Å²) in [6.45, 7) is 3.28. The second-order valence-corrected chi connectivity index (χ2v) is 4.90. The van der Waals surface area contributed by atoms with E-state index in [9.17, 15) is 13.2 Å². The minimum absolute atomic E-state index is 0.0284. The number of rotatable bonds is 4. The lowest BCUT2D eigenvalue weighted by molar-refractivity contribution is 0.121. The Bertz CT molecular complexity index is 308. The standard InChI is InChI=1S/C7H14N2O4S/c1-5(2)13-7(10)9-14(11,12)8-6-3-4-6/h5-6,8H,3-4H2,1-2H3,(H,9,10). The fourth-order valence-electron chi connectivity index (χ4n) is 0.798. The van der Waals surface area contributed by atoms with Crippen LogP contribution in [0.3, 0.4) is 0 Å². The summed E-state index contributed by atoms with van der Waals surface area (Å²) in [4.78, 5) is 10.9. The van der Waals surface area contributed by atoms with Crippen LogP contribution in [-0.2, 0) is 14.9 Å². The van der Waals surface area contributed by atoms with Gasteiger partial charge in [0.1, 0.15) is 0 Å². The normalized spacial score (nSPS) is 16.8. The first kappa shape index (κ1) is 11.3. The smallest absolute Gasteiger partial charge is 0.422 e. The van der Waals surface area contributed by atoms with Crippen LogP contribution in [0.2, 0.25) is 0 Å². The van der Waals surface area contributed by atoms with E-state index in [1.165, 1.54) is 0 Å². The van der Waals surface area contributed by atoms with Crippen LogP contribution in [-0.4, -0.2) is 26.7 Å². The zero-order valence-electron chi connectivity index (χ0n) is 8.11. The van der Waals surface area contributed by atoms with Gasteiger partial charge in [0, 0.05) is 6.04 Å². The molecule has 0 unspecified atom stereocenters. The van der Waals surface area contributed by atoms with Crippen molar-refractivity contribution in [2.45, 2.75) is 38.8 Å². The number of nitrogens with one attached hydrogen (secondary N) is 2. The second kappa shape index (κ2) is 4.14. The molecule has 1 rings (SSSR count). The van der Waals surface area contributed by atoms with Gasteiger partial charge in [-0.1, -0.05) is 0 Å². The topological polar surface area (TPSA) is 84.5 Å². The minimum Gasteiger partial charge on any atom is -0.446 e. The van der Waals surface area contributed by atoms with Gasteiger partial charge < -0.3 is 4.74 Å². The summed E-state index contributed by atoms with van der Waals surface area (Å²) in [6.07, 6.45) is 0.347. The Morgan fingerprint density at radius 2 is 2.00 bits per heavy atom. The summed E-state index contributed by atoms with van der Waals surface area (Å²) >= 11 is 0. The molecule has 2 N–H and O–H groups in total. The Kier molecular flexibility index (Phi) is 3.33. The van der Waals surface area contributed by atoms with Gasteiger partial charge in [0.05, 0.1) is 6.10 Å². The van der Waals surface area contributed by atoms with Crippen molar-refractivity contribution in [2.75, 3.05) is 0 Å². The summed E-state index contributed by atoms with van der Waals surface area (Å²) in [5.74, 6) is 0. The molecule has 1 aliphatic carbocycles. The lowest BCUT2D eigenvalue weighted by atomic mass is 10.5. The number of carbonyl (C=O) groups is 1. The van der Waals surface area contributed by atoms with Crippen molar-refractivity contribution in [3.63, 3.8) is 0 Å². The molecule has 1 saturated carbocycles. The number of carbonyl (C=O) groups excluding carboxylic acids is 1. The lowest BCUT2D eigenvalue weighted by Gasteiger charge is -2.10. The molecular formula is C7H14N2O4S. The first-order valence-electron chi connectivity index (χ1n) is 4.40. The van der Waals surface area contributed by atoms with E-state index in [1.807, 2.05) is 0 Å². The van der Waals surface area contributed by atoms with Crippen LogP contribution in [0.25, 0.3) is 0 Å². The van der Waals surface area contributed by atoms with Gasteiger partial charge >= 0.3 is 16.3 Å². The number of hydrogen-bond donors (Lipinski definition) is 2. The van der Waals surface area contributed by atoms with Crippen molar-refractivity contribution >= 4 is 16.3 Å². The first-order valence-corrected chi connectivity index (χ1v) is 5.88. The maximum absolute atomic E-state index is 11.1. The zero-order valence-corrected chi connectivity index (χ0v) is 8.93. The molecule has 0 radical (unpaired) electrons. The van der Waals surface area contributed by atoms with Crippen LogP contribution in [0.4, 0.5) is 4.79 Å². The molecule has 1 amide bonds. The third kappa shape index (κ3) is 4.43.